The monoisotopic (exact) mass is 218 g/mol. The Morgan fingerprint density at radius 2 is 2.12 bits per heavy atom. The summed E-state index contributed by atoms with van der Waals surface area (Å²) in [6.07, 6.45) is 10.5. The second-order valence-electron chi connectivity index (χ2n) is 5.05. The standard InChI is InChI=1S/C14H22N2/c1-11(15)13-7-3-2-4-8-14(13)12-6-5-9-16-10-12/h5-6,9-11,13-14H,2-4,7-8,15H2,1H3. The molecule has 1 aliphatic rings. The minimum absolute atomic E-state index is 0.295. The third kappa shape index (κ3) is 2.62. The predicted molar refractivity (Wildman–Crippen MR) is 67.2 cm³/mol. The van der Waals surface area contributed by atoms with E-state index in [1.165, 1.54) is 37.7 Å². The van der Waals surface area contributed by atoms with E-state index in [1.807, 2.05) is 18.5 Å². The van der Waals surface area contributed by atoms with E-state index in [2.05, 4.69) is 18.0 Å². The van der Waals surface area contributed by atoms with Crippen molar-refractivity contribution >= 4 is 0 Å². The molecule has 0 radical (unpaired) electrons. The average molecular weight is 218 g/mol. The van der Waals surface area contributed by atoms with Crippen LogP contribution in [0.2, 0.25) is 0 Å². The summed E-state index contributed by atoms with van der Waals surface area (Å²) in [6, 6.07) is 4.54. The van der Waals surface area contributed by atoms with Gasteiger partial charge in [0.15, 0.2) is 0 Å². The molecule has 3 unspecified atom stereocenters. The van der Waals surface area contributed by atoms with Crippen molar-refractivity contribution in [3.63, 3.8) is 0 Å². The highest BCUT2D eigenvalue weighted by molar-refractivity contribution is 5.16. The smallest absolute Gasteiger partial charge is 0.0302 e. The zero-order valence-electron chi connectivity index (χ0n) is 10.1. The number of nitrogens with two attached hydrogens (primary N) is 1. The number of nitrogens with zero attached hydrogens (tertiary/aromatic N) is 1. The quantitative estimate of drug-likeness (QED) is 0.775. The van der Waals surface area contributed by atoms with Crippen molar-refractivity contribution in [2.45, 2.75) is 51.0 Å². The Kier molecular flexibility index (Phi) is 3.94. The van der Waals surface area contributed by atoms with Gasteiger partial charge in [0.1, 0.15) is 0 Å². The van der Waals surface area contributed by atoms with E-state index >= 15 is 0 Å². The maximum Gasteiger partial charge on any atom is 0.0302 e. The lowest BCUT2D eigenvalue weighted by atomic mass is 9.79. The van der Waals surface area contributed by atoms with Crippen LogP contribution in [0.15, 0.2) is 24.5 Å². The van der Waals surface area contributed by atoms with Crippen molar-refractivity contribution in [2.75, 3.05) is 0 Å². The van der Waals surface area contributed by atoms with Gasteiger partial charge in [0.2, 0.25) is 0 Å². The van der Waals surface area contributed by atoms with Gasteiger partial charge in [0.25, 0.3) is 0 Å². The molecule has 0 saturated heterocycles. The first kappa shape index (κ1) is 11.6. The molecular weight excluding hydrogens is 196 g/mol. The zero-order chi connectivity index (χ0) is 11.4. The van der Waals surface area contributed by atoms with Crippen LogP contribution in [0.25, 0.3) is 0 Å². The number of hydrogen-bond acceptors (Lipinski definition) is 2. The first-order valence-electron chi connectivity index (χ1n) is 6.44. The van der Waals surface area contributed by atoms with E-state index in [-0.39, 0.29) is 0 Å². The van der Waals surface area contributed by atoms with E-state index < -0.39 is 0 Å². The third-order valence-electron chi connectivity index (χ3n) is 3.86. The molecule has 2 N–H and O–H groups in total. The molecule has 1 fully saturated rings. The van der Waals surface area contributed by atoms with E-state index in [1.54, 1.807) is 0 Å². The predicted octanol–water partition coefficient (Wildman–Crippen LogP) is 3.09. The molecular formula is C14H22N2. The van der Waals surface area contributed by atoms with Gasteiger partial charge in [0, 0.05) is 18.4 Å². The van der Waals surface area contributed by atoms with Gasteiger partial charge in [-0.15, -0.1) is 0 Å². The summed E-state index contributed by atoms with van der Waals surface area (Å²) in [6.45, 7) is 2.15. The molecule has 0 amide bonds. The first-order valence-corrected chi connectivity index (χ1v) is 6.44. The fourth-order valence-electron chi connectivity index (χ4n) is 2.97. The maximum absolute atomic E-state index is 6.14. The number of hydrogen-bond donors (Lipinski definition) is 1. The molecule has 0 spiro atoms. The van der Waals surface area contributed by atoms with Crippen LogP contribution in [-0.4, -0.2) is 11.0 Å². The summed E-state index contributed by atoms with van der Waals surface area (Å²) >= 11 is 0. The van der Waals surface area contributed by atoms with Crippen molar-refractivity contribution in [1.29, 1.82) is 0 Å². The molecule has 88 valence electrons. The van der Waals surface area contributed by atoms with Gasteiger partial charge in [-0.25, -0.2) is 0 Å². The van der Waals surface area contributed by atoms with Gasteiger partial charge in [0.05, 0.1) is 0 Å². The third-order valence-corrected chi connectivity index (χ3v) is 3.86. The Bertz CT molecular complexity index is 308. The van der Waals surface area contributed by atoms with E-state index in [0.717, 1.165) is 0 Å². The second-order valence-corrected chi connectivity index (χ2v) is 5.05. The molecule has 3 atom stereocenters. The van der Waals surface area contributed by atoms with Gasteiger partial charge in [-0.05, 0) is 43.2 Å². The zero-order valence-corrected chi connectivity index (χ0v) is 10.1. The Morgan fingerprint density at radius 3 is 2.81 bits per heavy atom. The Morgan fingerprint density at radius 1 is 1.31 bits per heavy atom. The summed E-state index contributed by atoms with van der Waals surface area (Å²) in [7, 11) is 0. The lowest BCUT2D eigenvalue weighted by molar-refractivity contribution is 0.344. The number of pyridine rings is 1. The van der Waals surface area contributed by atoms with E-state index in [9.17, 15) is 0 Å². The van der Waals surface area contributed by atoms with Crippen molar-refractivity contribution in [3.05, 3.63) is 30.1 Å². The first-order chi connectivity index (χ1) is 7.79. The van der Waals surface area contributed by atoms with Crippen molar-refractivity contribution in [2.24, 2.45) is 11.7 Å². The molecule has 1 saturated carbocycles. The molecule has 1 aromatic heterocycles. The van der Waals surface area contributed by atoms with Crippen LogP contribution >= 0.6 is 0 Å². The average Bonchev–Trinajstić information content (AvgIpc) is 2.55. The summed E-state index contributed by atoms with van der Waals surface area (Å²) in [4.78, 5) is 4.24. The lowest BCUT2D eigenvalue weighted by Crippen LogP contribution is -2.31. The highest BCUT2D eigenvalue weighted by Crippen LogP contribution is 2.37. The van der Waals surface area contributed by atoms with Crippen molar-refractivity contribution in [3.8, 4) is 0 Å². The van der Waals surface area contributed by atoms with Gasteiger partial charge >= 0.3 is 0 Å². The molecule has 0 aliphatic heterocycles. The minimum atomic E-state index is 0.295. The number of aromatic nitrogens is 1. The fraction of sp³-hybridized carbons (Fsp3) is 0.643. The van der Waals surface area contributed by atoms with Crippen LogP contribution < -0.4 is 5.73 Å². The van der Waals surface area contributed by atoms with Crippen LogP contribution in [0.3, 0.4) is 0 Å². The molecule has 2 heteroatoms. The van der Waals surface area contributed by atoms with Gasteiger partial charge in [-0.1, -0.05) is 25.3 Å². The Balaban J connectivity index is 2.21. The Hall–Kier alpha value is -0.890. The molecule has 1 aliphatic carbocycles. The summed E-state index contributed by atoms with van der Waals surface area (Å²) in [5, 5.41) is 0. The fourth-order valence-corrected chi connectivity index (χ4v) is 2.97. The molecule has 1 heterocycles. The largest absolute Gasteiger partial charge is 0.328 e. The van der Waals surface area contributed by atoms with Gasteiger partial charge in [-0.3, -0.25) is 4.98 Å². The minimum Gasteiger partial charge on any atom is -0.328 e. The van der Waals surface area contributed by atoms with Gasteiger partial charge < -0.3 is 5.73 Å². The highest BCUT2D eigenvalue weighted by Gasteiger charge is 2.27. The molecule has 1 aromatic rings. The molecule has 2 nitrogen and oxygen atoms in total. The topological polar surface area (TPSA) is 38.9 Å². The summed E-state index contributed by atoms with van der Waals surface area (Å²) < 4.78 is 0. The van der Waals surface area contributed by atoms with Crippen LogP contribution in [0.5, 0.6) is 0 Å². The van der Waals surface area contributed by atoms with Crippen molar-refractivity contribution < 1.29 is 0 Å². The van der Waals surface area contributed by atoms with Crippen molar-refractivity contribution in [1.82, 2.24) is 4.98 Å². The maximum atomic E-state index is 6.14. The van der Waals surface area contributed by atoms with E-state index in [4.69, 9.17) is 5.73 Å². The number of rotatable bonds is 2. The molecule has 2 rings (SSSR count). The normalized spacial score (nSPS) is 28.4. The lowest BCUT2D eigenvalue weighted by Gasteiger charge is -2.28. The second kappa shape index (κ2) is 5.44. The molecule has 0 bridgehead atoms. The molecule has 0 aromatic carbocycles. The summed E-state index contributed by atoms with van der Waals surface area (Å²) in [5.74, 6) is 1.25. The molecule has 16 heavy (non-hydrogen) atoms. The van der Waals surface area contributed by atoms with E-state index in [0.29, 0.717) is 17.9 Å². The van der Waals surface area contributed by atoms with Crippen LogP contribution in [0.1, 0.15) is 50.5 Å². The summed E-state index contributed by atoms with van der Waals surface area (Å²) in [5.41, 5.74) is 7.53. The SMILES string of the molecule is CC(N)C1CCCCCC1c1cccnc1. The highest BCUT2D eigenvalue weighted by atomic mass is 14.7. The van der Waals surface area contributed by atoms with Crippen LogP contribution in [-0.2, 0) is 0 Å². The van der Waals surface area contributed by atoms with Gasteiger partial charge in [-0.2, -0.15) is 0 Å². The van der Waals surface area contributed by atoms with Crippen LogP contribution in [0.4, 0.5) is 0 Å². The van der Waals surface area contributed by atoms with Crippen LogP contribution in [0, 0.1) is 5.92 Å². The Labute approximate surface area is 98.3 Å².